The zero-order valence-corrected chi connectivity index (χ0v) is 14.0. The van der Waals surface area contributed by atoms with Crippen molar-refractivity contribution >= 4 is 41.5 Å². The van der Waals surface area contributed by atoms with Crippen molar-refractivity contribution in [1.82, 2.24) is 15.6 Å². The lowest BCUT2D eigenvalue weighted by Gasteiger charge is -2.30. The average Bonchev–Trinajstić information content (AvgIpc) is 2.49. The van der Waals surface area contributed by atoms with Crippen molar-refractivity contribution in [3.05, 3.63) is 42.2 Å². The van der Waals surface area contributed by atoms with E-state index in [1.807, 2.05) is 30.3 Å². The first-order chi connectivity index (χ1) is 9.75. The summed E-state index contributed by atoms with van der Waals surface area (Å²) in [6.45, 7) is 3.14. The number of fused-ring (bicyclic) bond motifs is 1. The molecule has 0 saturated carbocycles. The van der Waals surface area contributed by atoms with E-state index in [0.29, 0.717) is 11.7 Å². The molecule has 2 aromatic rings. The highest BCUT2D eigenvalue weighted by atomic mass is 35.5. The maximum absolute atomic E-state index is 12.5. The van der Waals surface area contributed by atoms with E-state index < -0.39 is 0 Å². The Morgan fingerprint density at radius 3 is 2.82 bits per heavy atom. The minimum absolute atomic E-state index is 0. The molecule has 1 aliphatic rings. The van der Waals surface area contributed by atoms with Crippen LogP contribution in [0.25, 0.3) is 10.8 Å². The molecule has 1 amide bonds. The van der Waals surface area contributed by atoms with Crippen LogP contribution in [-0.2, 0) is 0 Å². The summed E-state index contributed by atoms with van der Waals surface area (Å²) in [5.41, 5.74) is 0.515. The third kappa shape index (κ3) is 3.88. The number of carbonyl (C=O) groups excluding carboxylic acids is 1. The molecule has 1 saturated heterocycles. The molecule has 0 radical (unpaired) electrons. The summed E-state index contributed by atoms with van der Waals surface area (Å²) < 4.78 is 0. The Kier molecular flexibility index (Phi) is 7.07. The number of rotatable bonds is 2. The molecule has 6 heteroatoms. The molecule has 2 atom stereocenters. The maximum atomic E-state index is 12.5. The van der Waals surface area contributed by atoms with Gasteiger partial charge in [-0.25, -0.2) is 0 Å². The fourth-order valence-corrected chi connectivity index (χ4v) is 2.78. The summed E-state index contributed by atoms with van der Waals surface area (Å²) in [7, 11) is 0. The Morgan fingerprint density at radius 2 is 2.05 bits per heavy atom. The molecular formula is C16H21Cl2N3O. The van der Waals surface area contributed by atoms with Gasteiger partial charge < -0.3 is 10.6 Å². The van der Waals surface area contributed by atoms with E-state index in [9.17, 15) is 4.79 Å². The van der Waals surface area contributed by atoms with Gasteiger partial charge in [0.25, 0.3) is 5.91 Å². The molecule has 2 heterocycles. The summed E-state index contributed by atoms with van der Waals surface area (Å²) in [6, 6.07) is 10.3. The van der Waals surface area contributed by atoms with Crippen LogP contribution in [0.1, 0.15) is 30.3 Å². The fourth-order valence-electron chi connectivity index (χ4n) is 2.78. The SMILES string of the molecule is CC1NCCCC1NC(=O)c1nccc2ccccc12.Cl.Cl. The molecule has 3 rings (SSSR count). The molecule has 1 fully saturated rings. The number of piperidine rings is 1. The van der Waals surface area contributed by atoms with Gasteiger partial charge in [0.1, 0.15) is 5.69 Å². The molecule has 1 aromatic heterocycles. The van der Waals surface area contributed by atoms with E-state index in [0.717, 1.165) is 30.2 Å². The largest absolute Gasteiger partial charge is 0.346 e. The van der Waals surface area contributed by atoms with Crippen LogP contribution in [0, 0.1) is 0 Å². The van der Waals surface area contributed by atoms with Crippen molar-refractivity contribution in [2.45, 2.75) is 31.8 Å². The van der Waals surface area contributed by atoms with Gasteiger partial charge in [-0.3, -0.25) is 9.78 Å². The Hall–Kier alpha value is -1.36. The number of hydrogen-bond acceptors (Lipinski definition) is 3. The monoisotopic (exact) mass is 341 g/mol. The first-order valence-corrected chi connectivity index (χ1v) is 7.14. The third-order valence-electron chi connectivity index (χ3n) is 3.97. The lowest BCUT2D eigenvalue weighted by Crippen LogP contribution is -2.52. The number of nitrogens with one attached hydrogen (secondary N) is 2. The van der Waals surface area contributed by atoms with E-state index in [1.165, 1.54) is 0 Å². The van der Waals surface area contributed by atoms with Crippen molar-refractivity contribution in [3.8, 4) is 0 Å². The van der Waals surface area contributed by atoms with Gasteiger partial charge in [0.2, 0.25) is 0 Å². The third-order valence-corrected chi connectivity index (χ3v) is 3.97. The Labute approximate surface area is 142 Å². The van der Waals surface area contributed by atoms with Crippen LogP contribution in [0.5, 0.6) is 0 Å². The number of benzene rings is 1. The van der Waals surface area contributed by atoms with E-state index in [-0.39, 0.29) is 36.8 Å². The first kappa shape index (κ1) is 18.7. The standard InChI is InChI=1S/C16H19N3O.2ClH/c1-11-14(7-4-9-17-11)19-16(20)15-13-6-3-2-5-12(13)8-10-18-15;;/h2-3,5-6,8,10-11,14,17H,4,7,9H2,1H3,(H,19,20);2*1H. The van der Waals surface area contributed by atoms with E-state index in [2.05, 4.69) is 22.5 Å². The van der Waals surface area contributed by atoms with Crippen molar-refractivity contribution in [2.75, 3.05) is 6.54 Å². The summed E-state index contributed by atoms with van der Waals surface area (Å²) >= 11 is 0. The van der Waals surface area contributed by atoms with Gasteiger partial charge in [0, 0.05) is 23.7 Å². The van der Waals surface area contributed by atoms with Crippen molar-refractivity contribution in [3.63, 3.8) is 0 Å². The summed E-state index contributed by atoms with van der Waals surface area (Å²) in [4.78, 5) is 16.7. The molecule has 4 nitrogen and oxygen atoms in total. The highest BCUT2D eigenvalue weighted by molar-refractivity contribution is 6.05. The topological polar surface area (TPSA) is 54.0 Å². The number of aromatic nitrogens is 1. The number of nitrogens with zero attached hydrogens (tertiary/aromatic N) is 1. The first-order valence-electron chi connectivity index (χ1n) is 7.14. The normalized spacial score (nSPS) is 20.6. The van der Waals surface area contributed by atoms with Crippen LogP contribution in [0.2, 0.25) is 0 Å². The molecule has 1 aromatic carbocycles. The number of hydrogen-bond donors (Lipinski definition) is 2. The quantitative estimate of drug-likeness (QED) is 0.882. The van der Waals surface area contributed by atoms with Gasteiger partial charge >= 0.3 is 0 Å². The smallest absolute Gasteiger partial charge is 0.270 e. The lowest BCUT2D eigenvalue weighted by atomic mass is 9.99. The van der Waals surface area contributed by atoms with Crippen LogP contribution in [0.3, 0.4) is 0 Å². The van der Waals surface area contributed by atoms with Crippen molar-refractivity contribution < 1.29 is 4.79 Å². The molecule has 2 N–H and O–H groups in total. The number of pyridine rings is 1. The molecule has 0 aliphatic carbocycles. The number of amides is 1. The second-order valence-corrected chi connectivity index (χ2v) is 5.35. The van der Waals surface area contributed by atoms with E-state index >= 15 is 0 Å². The predicted molar refractivity (Wildman–Crippen MR) is 94.2 cm³/mol. The van der Waals surface area contributed by atoms with Gasteiger partial charge in [-0.1, -0.05) is 24.3 Å². The highest BCUT2D eigenvalue weighted by Gasteiger charge is 2.23. The molecule has 2 unspecified atom stereocenters. The second kappa shape index (κ2) is 8.32. The molecule has 0 spiro atoms. The number of halogens is 2. The van der Waals surface area contributed by atoms with Crippen LogP contribution in [0.15, 0.2) is 36.5 Å². The van der Waals surface area contributed by atoms with E-state index in [1.54, 1.807) is 6.20 Å². The van der Waals surface area contributed by atoms with Gasteiger partial charge in [-0.15, -0.1) is 24.8 Å². The Balaban J connectivity index is 0.00000121. The summed E-state index contributed by atoms with van der Waals surface area (Å²) in [5, 5.41) is 8.45. The maximum Gasteiger partial charge on any atom is 0.270 e. The van der Waals surface area contributed by atoms with Gasteiger partial charge in [-0.2, -0.15) is 0 Å². The van der Waals surface area contributed by atoms with Crippen LogP contribution < -0.4 is 10.6 Å². The molecule has 0 bridgehead atoms. The highest BCUT2D eigenvalue weighted by Crippen LogP contribution is 2.17. The molecule has 1 aliphatic heterocycles. The Bertz CT molecular complexity index is 630. The lowest BCUT2D eigenvalue weighted by molar-refractivity contribution is 0.0916. The number of carbonyl (C=O) groups is 1. The van der Waals surface area contributed by atoms with Crippen LogP contribution in [0.4, 0.5) is 0 Å². The molecular weight excluding hydrogens is 321 g/mol. The molecule has 120 valence electrons. The summed E-state index contributed by atoms with van der Waals surface area (Å²) in [6.07, 6.45) is 3.81. The van der Waals surface area contributed by atoms with E-state index in [4.69, 9.17) is 0 Å². The van der Waals surface area contributed by atoms with Crippen LogP contribution in [-0.4, -0.2) is 29.5 Å². The van der Waals surface area contributed by atoms with Gasteiger partial charge in [0.05, 0.1) is 0 Å². The fraction of sp³-hybridized carbons (Fsp3) is 0.375. The van der Waals surface area contributed by atoms with Crippen LogP contribution >= 0.6 is 24.8 Å². The zero-order chi connectivity index (χ0) is 13.9. The predicted octanol–water partition coefficient (Wildman–Crippen LogP) is 2.95. The average molecular weight is 342 g/mol. The van der Waals surface area contributed by atoms with Crippen molar-refractivity contribution in [2.24, 2.45) is 0 Å². The van der Waals surface area contributed by atoms with Gasteiger partial charge in [-0.05, 0) is 37.8 Å². The minimum atomic E-state index is -0.0812. The van der Waals surface area contributed by atoms with Gasteiger partial charge in [0.15, 0.2) is 0 Å². The van der Waals surface area contributed by atoms with Crippen molar-refractivity contribution in [1.29, 1.82) is 0 Å². The second-order valence-electron chi connectivity index (χ2n) is 5.35. The summed E-state index contributed by atoms with van der Waals surface area (Å²) in [5.74, 6) is -0.0812. The Morgan fingerprint density at radius 1 is 1.27 bits per heavy atom. The molecule has 22 heavy (non-hydrogen) atoms. The zero-order valence-electron chi connectivity index (χ0n) is 12.4. The minimum Gasteiger partial charge on any atom is -0.346 e.